The number of rotatable bonds is 5. The number of ether oxygens (including phenoxy) is 5. The van der Waals surface area contributed by atoms with E-state index in [1.807, 2.05) is 30.3 Å². The zero-order chi connectivity index (χ0) is 16.2. The van der Waals surface area contributed by atoms with E-state index < -0.39 is 37.0 Å². The molecule has 0 saturated carbocycles. The van der Waals surface area contributed by atoms with Crippen molar-refractivity contribution in [2.75, 3.05) is 20.3 Å². The first-order valence-electron chi connectivity index (χ1n) is 7.65. The number of methoxy groups -OCH3 is 1. The van der Waals surface area contributed by atoms with Crippen LogP contribution in [0.15, 0.2) is 43.0 Å². The van der Waals surface area contributed by atoms with E-state index in [1.165, 1.54) is 7.11 Å². The number of hydrogen-bond acceptors (Lipinski definition) is 6. The Morgan fingerprint density at radius 1 is 1.30 bits per heavy atom. The zero-order valence-electron chi connectivity index (χ0n) is 13.0. The first-order chi connectivity index (χ1) is 11.2. The van der Waals surface area contributed by atoms with E-state index in [0.717, 1.165) is 5.56 Å². The Balaban J connectivity index is 1.73. The maximum atomic E-state index is 10.7. The van der Waals surface area contributed by atoms with Crippen molar-refractivity contribution in [3.63, 3.8) is 0 Å². The predicted octanol–water partition coefficient (Wildman–Crippen LogP) is 1.40. The van der Waals surface area contributed by atoms with Crippen LogP contribution < -0.4 is 0 Å². The van der Waals surface area contributed by atoms with E-state index in [9.17, 15) is 5.11 Å². The summed E-state index contributed by atoms with van der Waals surface area (Å²) in [5, 5.41) is 10.7. The molecule has 0 amide bonds. The molecule has 2 saturated heterocycles. The Hall–Kier alpha value is -1.28. The van der Waals surface area contributed by atoms with Crippen LogP contribution in [-0.4, -0.2) is 56.1 Å². The van der Waals surface area contributed by atoms with Crippen LogP contribution >= 0.6 is 0 Å². The van der Waals surface area contributed by atoms with Crippen molar-refractivity contribution < 1.29 is 28.8 Å². The lowest BCUT2D eigenvalue weighted by atomic mass is 9.97. The summed E-state index contributed by atoms with van der Waals surface area (Å²) in [7, 11) is 1.51. The van der Waals surface area contributed by atoms with Gasteiger partial charge in [-0.05, 0) is 0 Å². The Morgan fingerprint density at radius 3 is 2.78 bits per heavy atom. The highest BCUT2D eigenvalue weighted by molar-refractivity contribution is 5.16. The van der Waals surface area contributed by atoms with Crippen molar-refractivity contribution in [2.45, 2.75) is 37.0 Å². The number of fused-ring (bicyclic) bond motifs is 1. The van der Waals surface area contributed by atoms with E-state index in [1.54, 1.807) is 6.08 Å². The monoisotopic (exact) mass is 322 g/mol. The molecule has 23 heavy (non-hydrogen) atoms. The second-order valence-electron chi connectivity index (χ2n) is 5.53. The summed E-state index contributed by atoms with van der Waals surface area (Å²) in [4.78, 5) is 0. The van der Waals surface area contributed by atoms with Gasteiger partial charge in [-0.15, -0.1) is 6.58 Å². The summed E-state index contributed by atoms with van der Waals surface area (Å²) in [6.07, 6.45) is -2.07. The van der Waals surface area contributed by atoms with Crippen molar-refractivity contribution in [1.29, 1.82) is 0 Å². The van der Waals surface area contributed by atoms with E-state index in [2.05, 4.69) is 6.58 Å². The molecule has 0 spiro atoms. The highest BCUT2D eigenvalue weighted by Gasteiger charge is 2.50. The number of aliphatic hydroxyl groups is 1. The summed E-state index contributed by atoms with van der Waals surface area (Å²) >= 11 is 0. The van der Waals surface area contributed by atoms with E-state index in [0.29, 0.717) is 13.2 Å². The Kier molecular flexibility index (Phi) is 5.42. The van der Waals surface area contributed by atoms with Crippen LogP contribution in [0, 0.1) is 0 Å². The number of aliphatic hydroxyl groups excluding tert-OH is 1. The lowest BCUT2D eigenvalue weighted by Crippen LogP contribution is -2.62. The largest absolute Gasteiger partial charge is 0.387 e. The van der Waals surface area contributed by atoms with Crippen LogP contribution in [-0.2, 0) is 23.7 Å². The van der Waals surface area contributed by atoms with Crippen molar-refractivity contribution in [1.82, 2.24) is 0 Å². The molecule has 2 aliphatic heterocycles. The smallest absolute Gasteiger partial charge is 0.186 e. The van der Waals surface area contributed by atoms with Crippen molar-refractivity contribution >= 4 is 0 Å². The summed E-state index contributed by atoms with van der Waals surface area (Å²) in [6.45, 7) is 4.22. The minimum Gasteiger partial charge on any atom is -0.387 e. The molecule has 1 N–H and O–H groups in total. The average molecular weight is 322 g/mol. The molecular formula is C17H22O6. The summed E-state index contributed by atoms with van der Waals surface area (Å²) in [5.41, 5.74) is 0.899. The molecular weight excluding hydrogens is 300 g/mol. The van der Waals surface area contributed by atoms with Gasteiger partial charge in [-0.3, -0.25) is 0 Å². The van der Waals surface area contributed by atoms with Crippen molar-refractivity contribution in [2.24, 2.45) is 0 Å². The summed E-state index contributed by atoms with van der Waals surface area (Å²) < 4.78 is 28.3. The van der Waals surface area contributed by atoms with Crippen molar-refractivity contribution in [3.05, 3.63) is 48.6 Å². The number of hydrogen-bond donors (Lipinski definition) is 1. The third kappa shape index (κ3) is 3.47. The predicted molar refractivity (Wildman–Crippen MR) is 81.6 cm³/mol. The molecule has 1 aromatic carbocycles. The van der Waals surface area contributed by atoms with Crippen molar-refractivity contribution in [3.8, 4) is 0 Å². The van der Waals surface area contributed by atoms with Gasteiger partial charge in [0.15, 0.2) is 12.6 Å². The molecule has 2 heterocycles. The first-order valence-corrected chi connectivity index (χ1v) is 7.65. The molecule has 1 aromatic rings. The van der Waals surface area contributed by atoms with Gasteiger partial charge in [0.1, 0.15) is 24.4 Å². The standard InChI is InChI=1S/C17H22O6/c1-3-9-20-15-13(18)14-12(22-17(15)19-2)10-21-16(23-14)11-7-5-4-6-8-11/h3-8,12-18H,1,9-10H2,2H3/t12-,13+,14-,15+,16?,17+/m1/s1. The minimum atomic E-state index is -0.881. The second-order valence-corrected chi connectivity index (χ2v) is 5.53. The first kappa shape index (κ1) is 16.6. The second kappa shape index (κ2) is 7.53. The SMILES string of the molecule is C=CCO[C@@H]1[C@@H](OC)O[C@@H]2COC(c3ccccc3)O[C@H]2[C@@H]1O. The minimum absolute atomic E-state index is 0.293. The van der Waals surface area contributed by atoms with Gasteiger partial charge in [0.25, 0.3) is 0 Å². The van der Waals surface area contributed by atoms with Gasteiger partial charge in [0.2, 0.25) is 0 Å². The molecule has 2 aliphatic rings. The molecule has 0 aliphatic carbocycles. The fraction of sp³-hybridized carbons (Fsp3) is 0.529. The normalized spacial score (nSPS) is 37.1. The topological polar surface area (TPSA) is 66.4 Å². The van der Waals surface area contributed by atoms with E-state index in [4.69, 9.17) is 23.7 Å². The van der Waals surface area contributed by atoms with E-state index in [-0.39, 0.29) is 0 Å². The van der Waals surface area contributed by atoms with Crippen LogP contribution in [0.3, 0.4) is 0 Å². The quantitative estimate of drug-likeness (QED) is 0.827. The number of benzene rings is 1. The molecule has 2 fully saturated rings. The van der Waals surface area contributed by atoms with Gasteiger partial charge < -0.3 is 28.8 Å². The van der Waals surface area contributed by atoms with Crippen LogP contribution in [0.4, 0.5) is 0 Å². The Labute approximate surface area is 135 Å². The Morgan fingerprint density at radius 2 is 2.09 bits per heavy atom. The van der Waals surface area contributed by atoms with Gasteiger partial charge >= 0.3 is 0 Å². The molecule has 0 radical (unpaired) electrons. The average Bonchev–Trinajstić information content (AvgIpc) is 2.61. The third-order valence-corrected chi connectivity index (χ3v) is 4.02. The molecule has 6 atom stereocenters. The molecule has 126 valence electrons. The van der Waals surface area contributed by atoms with Gasteiger partial charge in [0.05, 0.1) is 13.2 Å². The van der Waals surface area contributed by atoms with Gasteiger partial charge in [0, 0.05) is 12.7 Å². The summed E-state index contributed by atoms with van der Waals surface area (Å²) in [6, 6.07) is 9.60. The molecule has 3 rings (SSSR count). The zero-order valence-corrected chi connectivity index (χ0v) is 13.0. The molecule has 6 heteroatoms. The molecule has 0 bridgehead atoms. The lowest BCUT2D eigenvalue weighted by Gasteiger charge is -2.47. The third-order valence-electron chi connectivity index (χ3n) is 4.02. The molecule has 6 nitrogen and oxygen atoms in total. The van der Waals surface area contributed by atoms with Crippen LogP contribution in [0.5, 0.6) is 0 Å². The fourth-order valence-electron chi connectivity index (χ4n) is 2.89. The summed E-state index contributed by atoms with van der Waals surface area (Å²) in [5.74, 6) is 0. The fourth-order valence-corrected chi connectivity index (χ4v) is 2.89. The van der Waals surface area contributed by atoms with Gasteiger partial charge in [-0.1, -0.05) is 36.4 Å². The highest BCUT2D eigenvalue weighted by atomic mass is 16.8. The van der Waals surface area contributed by atoms with E-state index >= 15 is 0 Å². The molecule has 1 unspecified atom stereocenters. The van der Waals surface area contributed by atoms with Crippen LogP contribution in [0.2, 0.25) is 0 Å². The molecule has 0 aromatic heterocycles. The highest BCUT2D eigenvalue weighted by Crippen LogP contribution is 2.35. The maximum Gasteiger partial charge on any atom is 0.186 e. The maximum absolute atomic E-state index is 10.7. The lowest BCUT2D eigenvalue weighted by molar-refractivity contribution is -0.361. The van der Waals surface area contributed by atoms with Crippen LogP contribution in [0.25, 0.3) is 0 Å². The van der Waals surface area contributed by atoms with Gasteiger partial charge in [-0.2, -0.15) is 0 Å². The van der Waals surface area contributed by atoms with Gasteiger partial charge in [-0.25, -0.2) is 0 Å². The van der Waals surface area contributed by atoms with Crippen LogP contribution in [0.1, 0.15) is 11.9 Å². The Bertz CT molecular complexity index is 507.